The van der Waals surface area contributed by atoms with Crippen LogP contribution in [0.25, 0.3) is 0 Å². The number of benzene rings is 1. The fourth-order valence-corrected chi connectivity index (χ4v) is 5.53. The summed E-state index contributed by atoms with van der Waals surface area (Å²) in [6.07, 6.45) is 4.96. The van der Waals surface area contributed by atoms with Crippen LogP contribution < -0.4 is 9.47 Å². The molecule has 1 atom stereocenters. The molecule has 2 fully saturated rings. The highest BCUT2D eigenvalue weighted by Gasteiger charge is 2.26. The maximum Gasteiger partial charge on any atom is 0.191 e. The van der Waals surface area contributed by atoms with Crippen molar-refractivity contribution in [3.8, 4) is 11.5 Å². The molecule has 162 valence electrons. The molecule has 7 nitrogen and oxygen atoms in total. The molecule has 0 spiro atoms. The number of hydrogen-bond donors (Lipinski definition) is 0. The van der Waals surface area contributed by atoms with Crippen molar-refractivity contribution < 1.29 is 14.2 Å². The molecule has 0 amide bonds. The number of rotatable bonds is 6. The maximum atomic E-state index is 5.73. The normalized spacial score (nSPS) is 22.5. The van der Waals surface area contributed by atoms with Gasteiger partial charge in [-0.2, -0.15) is 0 Å². The Labute approximate surface area is 182 Å². The molecule has 0 bridgehead atoms. The van der Waals surface area contributed by atoms with Gasteiger partial charge in [-0.3, -0.25) is 4.90 Å². The summed E-state index contributed by atoms with van der Waals surface area (Å²) >= 11 is 1.77. The standard InChI is InChI=1S/C22H30N4O3S/c1-25-21(23-24-22(25)30-15-18-3-2-10-27-18)17-6-8-26(9-7-17)14-16-4-5-19-20(13-16)29-12-11-28-19/h4-5,13,17-18H,2-3,6-12,14-15H2,1H3. The minimum Gasteiger partial charge on any atom is -0.486 e. The second-order valence-electron chi connectivity index (χ2n) is 8.37. The summed E-state index contributed by atoms with van der Waals surface area (Å²) in [5.41, 5.74) is 1.28. The van der Waals surface area contributed by atoms with Crippen molar-refractivity contribution in [3.63, 3.8) is 0 Å². The van der Waals surface area contributed by atoms with Crippen LogP contribution in [0.2, 0.25) is 0 Å². The molecule has 4 heterocycles. The van der Waals surface area contributed by atoms with Crippen molar-refractivity contribution in [1.82, 2.24) is 19.7 Å². The van der Waals surface area contributed by atoms with Gasteiger partial charge >= 0.3 is 0 Å². The topological polar surface area (TPSA) is 61.6 Å². The first-order valence-electron chi connectivity index (χ1n) is 11.0. The summed E-state index contributed by atoms with van der Waals surface area (Å²) < 4.78 is 19.3. The Balaban J connectivity index is 1.14. The minimum atomic E-state index is 0.374. The first-order chi connectivity index (χ1) is 14.8. The quantitative estimate of drug-likeness (QED) is 0.652. The van der Waals surface area contributed by atoms with Crippen LogP contribution in [-0.2, 0) is 18.3 Å². The molecule has 1 aromatic carbocycles. The first kappa shape index (κ1) is 20.2. The Morgan fingerprint density at radius 2 is 1.87 bits per heavy atom. The Morgan fingerprint density at radius 3 is 2.67 bits per heavy atom. The maximum absolute atomic E-state index is 5.73. The van der Waals surface area contributed by atoms with Gasteiger partial charge in [0.05, 0.1) is 6.10 Å². The number of fused-ring (bicyclic) bond motifs is 1. The van der Waals surface area contributed by atoms with E-state index in [9.17, 15) is 0 Å². The zero-order valence-electron chi connectivity index (χ0n) is 17.6. The molecular weight excluding hydrogens is 400 g/mol. The molecule has 0 N–H and O–H groups in total. The molecular formula is C22H30N4O3S. The molecule has 8 heteroatoms. The van der Waals surface area contributed by atoms with Gasteiger partial charge in [0.15, 0.2) is 16.7 Å². The largest absolute Gasteiger partial charge is 0.486 e. The third kappa shape index (κ3) is 4.45. The van der Waals surface area contributed by atoms with Crippen LogP contribution in [0.3, 0.4) is 0 Å². The van der Waals surface area contributed by atoms with Crippen LogP contribution in [0.15, 0.2) is 23.4 Å². The van der Waals surface area contributed by atoms with Crippen LogP contribution in [0.5, 0.6) is 11.5 Å². The minimum absolute atomic E-state index is 0.374. The van der Waals surface area contributed by atoms with Crippen LogP contribution in [0.4, 0.5) is 0 Å². The van der Waals surface area contributed by atoms with Gasteiger partial charge < -0.3 is 18.8 Å². The Morgan fingerprint density at radius 1 is 1.03 bits per heavy atom. The summed E-state index contributed by atoms with van der Waals surface area (Å²) in [5, 5.41) is 10.0. The summed E-state index contributed by atoms with van der Waals surface area (Å²) in [6.45, 7) is 5.27. The van der Waals surface area contributed by atoms with Crippen molar-refractivity contribution in [2.75, 3.05) is 38.7 Å². The Hall–Kier alpha value is -1.77. The predicted octanol–water partition coefficient (Wildman–Crippen LogP) is 3.24. The number of aromatic nitrogens is 3. The number of hydrogen-bond acceptors (Lipinski definition) is 7. The molecule has 1 aromatic heterocycles. The fourth-order valence-electron chi connectivity index (χ4n) is 4.54. The van der Waals surface area contributed by atoms with Gasteiger partial charge in [0.1, 0.15) is 19.0 Å². The van der Waals surface area contributed by atoms with E-state index in [2.05, 4.69) is 38.8 Å². The van der Waals surface area contributed by atoms with Crippen molar-refractivity contribution in [2.45, 2.75) is 49.4 Å². The molecule has 2 aromatic rings. The van der Waals surface area contributed by atoms with E-state index in [4.69, 9.17) is 14.2 Å². The molecule has 2 saturated heterocycles. The monoisotopic (exact) mass is 430 g/mol. The Kier molecular flexibility index (Phi) is 6.15. The fraction of sp³-hybridized carbons (Fsp3) is 0.636. The number of nitrogens with zero attached hydrogens (tertiary/aromatic N) is 4. The predicted molar refractivity (Wildman–Crippen MR) is 115 cm³/mol. The SMILES string of the molecule is Cn1c(SCC2CCCO2)nnc1C1CCN(Cc2ccc3c(c2)OCCO3)CC1. The van der Waals surface area contributed by atoms with E-state index >= 15 is 0 Å². The molecule has 1 unspecified atom stereocenters. The van der Waals surface area contributed by atoms with Gasteiger partial charge in [-0.15, -0.1) is 10.2 Å². The molecule has 0 radical (unpaired) electrons. The highest BCUT2D eigenvalue weighted by molar-refractivity contribution is 7.99. The Bertz CT molecular complexity index is 860. The third-order valence-corrected chi connectivity index (χ3v) is 7.41. The van der Waals surface area contributed by atoms with Gasteiger partial charge in [0, 0.05) is 31.9 Å². The zero-order chi connectivity index (χ0) is 20.3. The lowest BCUT2D eigenvalue weighted by Gasteiger charge is -2.31. The van der Waals surface area contributed by atoms with E-state index in [1.807, 2.05) is 6.07 Å². The number of likely N-dealkylation sites (tertiary alicyclic amines) is 1. The summed E-state index contributed by atoms with van der Waals surface area (Å²) in [7, 11) is 2.11. The van der Waals surface area contributed by atoms with Crippen LogP contribution in [-0.4, -0.2) is 64.4 Å². The summed E-state index contributed by atoms with van der Waals surface area (Å²) in [5.74, 6) is 4.32. The zero-order valence-corrected chi connectivity index (χ0v) is 18.4. The molecule has 3 aliphatic rings. The van der Waals surface area contributed by atoms with Crippen molar-refractivity contribution in [3.05, 3.63) is 29.6 Å². The third-order valence-electron chi connectivity index (χ3n) is 6.26. The van der Waals surface area contributed by atoms with Gasteiger partial charge in [-0.1, -0.05) is 17.8 Å². The van der Waals surface area contributed by atoms with Crippen LogP contribution in [0.1, 0.15) is 43.0 Å². The van der Waals surface area contributed by atoms with E-state index in [0.717, 1.165) is 67.3 Å². The summed E-state index contributed by atoms with van der Waals surface area (Å²) in [4.78, 5) is 2.52. The number of thioether (sulfide) groups is 1. The lowest BCUT2D eigenvalue weighted by atomic mass is 9.95. The van der Waals surface area contributed by atoms with E-state index in [1.54, 1.807) is 11.8 Å². The highest BCUT2D eigenvalue weighted by atomic mass is 32.2. The second-order valence-corrected chi connectivity index (χ2v) is 9.36. The number of ether oxygens (including phenoxy) is 3. The van der Waals surface area contributed by atoms with Gasteiger partial charge in [0.25, 0.3) is 0 Å². The highest BCUT2D eigenvalue weighted by Crippen LogP contribution is 2.33. The molecule has 0 aliphatic carbocycles. The van der Waals surface area contributed by atoms with E-state index in [1.165, 1.54) is 18.4 Å². The lowest BCUT2D eigenvalue weighted by molar-refractivity contribution is 0.129. The van der Waals surface area contributed by atoms with E-state index in [0.29, 0.717) is 25.2 Å². The average Bonchev–Trinajstić information content (AvgIpc) is 3.43. The van der Waals surface area contributed by atoms with Crippen molar-refractivity contribution in [2.24, 2.45) is 7.05 Å². The lowest BCUT2D eigenvalue weighted by Crippen LogP contribution is -2.33. The smallest absolute Gasteiger partial charge is 0.191 e. The molecule has 5 rings (SSSR count). The molecule has 3 aliphatic heterocycles. The van der Waals surface area contributed by atoms with Crippen LogP contribution in [0, 0.1) is 0 Å². The van der Waals surface area contributed by atoms with Gasteiger partial charge in [-0.25, -0.2) is 0 Å². The summed E-state index contributed by atoms with van der Waals surface area (Å²) in [6, 6.07) is 6.31. The van der Waals surface area contributed by atoms with Crippen LogP contribution >= 0.6 is 11.8 Å². The van der Waals surface area contributed by atoms with Crippen molar-refractivity contribution >= 4 is 11.8 Å². The van der Waals surface area contributed by atoms with E-state index in [-0.39, 0.29) is 0 Å². The first-order valence-corrected chi connectivity index (χ1v) is 12.0. The van der Waals surface area contributed by atoms with Crippen molar-refractivity contribution in [1.29, 1.82) is 0 Å². The number of piperidine rings is 1. The van der Waals surface area contributed by atoms with Gasteiger partial charge in [-0.05, 0) is 56.5 Å². The van der Waals surface area contributed by atoms with Gasteiger partial charge in [0.2, 0.25) is 0 Å². The second kappa shape index (κ2) is 9.16. The average molecular weight is 431 g/mol. The molecule has 30 heavy (non-hydrogen) atoms. The van der Waals surface area contributed by atoms with E-state index < -0.39 is 0 Å². The molecule has 0 saturated carbocycles.